The molecule has 1 amide bonds. The smallest absolute Gasteiger partial charge is 0.335 e. The van der Waals surface area contributed by atoms with E-state index in [-0.39, 0.29) is 30.9 Å². The molecule has 1 saturated heterocycles. The molecule has 2 heterocycles. The highest BCUT2D eigenvalue weighted by Gasteiger charge is 2.40. The van der Waals surface area contributed by atoms with E-state index < -0.39 is 33.9 Å². The third-order valence-electron chi connectivity index (χ3n) is 4.55. The number of halogens is 6. The van der Waals surface area contributed by atoms with Crippen LogP contribution in [-0.4, -0.2) is 51.7 Å². The SMILES string of the molecule is Cn1nc(C(=O)N2CCN(Cc3cccc(F)c3F)CC2)c(Br)c1C(F)(F)F. The molecule has 0 atom stereocenters. The number of aryl methyl sites for hydroxylation is 1. The van der Waals surface area contributed by atoms with E-state index in [2.05, 4.69) is 21.0 Å². The first-order valence-corrected chi connectivity index (χ1v) is 9.13. The Morgan fingerprint density at radius 2 is 1.82 bits per heavy atom. The van der Waals surface area contributed by atoms with Crippen molar-refractivity contribution < 1.29 is 26.7 Å². The van der Waals surface area contributed by atoms with Gasteiger partial charge in [-0.25, -0.2) is 8.78 Å². The van der Waals surface area contributed by atoms with Gasteiger partial charge in [0.15, 0.2) is 23.0 Å². The summed E-state index contributed by atoms with van der Waals surface area (Å²) in [5.41, 5.74) is -1.13. The highest BCUT2D eigenvalue weighted by molar-refractivity contribution is 9.10. The van der Waals surface area contributed by atoms with Crippen LogP contribution in [0.15, 0.2) is 22.7 Å². The number of carbonyl (C=O) groups is 1. The van der Waals surface area contributed by atoms with Gasteiger partial charge in [-0.3, -0.25) is 14.4 Å². The summed E-state index contributed by atoms with van der Waals surface area (Å²) in [7, 11) is 1.12. The van der Waals surface area contributed by atoms with Gasteiger partial charge in [-0.15, -0.1) is 0 Å². The van der Waals surface area contributed by atoms with Gasteiger partial charge in [0.05, 0.1) is 4.47 Å². The minimum Gasteiger partial charge on any atom is -0.335 e. The van der Waals surface area contributed by atoms with Gasteiger partial charge in [-0.05, 0) is 22.0 Å². The zero-order valence-corrected chi connectivity index (χ0v) is 16.3. The number of nitrogens with zero attached hydrogens (tertiary/aromatic N) is 4. The van der Waals surface area contributed by atoms with E-state index in [9.17, 15) is 26.7 Å². The summed E-state index contributed by atoms with van der Waals surface area (Å²) in [6.07, 6.45) is -4.65. The maximum atomic E-state index is 13.8. The molecule has 1 aromatic heterocycles. The van der Waals surface area contributed by atoms with Crippen LogP contribution in [-0.2, 0) is 19.8 Å². The van der Waals surface area contributed by atoms with Crippen molar-refractivity contribution in [3.63, 3.8) is 0 Å². The molecule has 1 aliphatic heterocycles. The lowest BCUT2D eigenvalue weighted by Crippen LogP contribution is -2.48. The van der Waals surface area contributed by atoms with Crippen LogP contribution in [0.4, 0.5) is 22.0 Å². The van der Waals surface area contributed by atoms with Gasteiger partial charge in [0.2, 0.25) is 0 Å². The van der Waals surface area contributed by atoms with Crippen LogP contribution >= 0.6 is 15.9 Å². The van der Waals surface area contributed by atoms with Crippen molar-refractivity contribution in [2.75, 3.05) is 26.2 Å². The third-order valence-corrected chi connectivity index (χ3v) is 5.30. The molecule has 28 heavy (non-hydrogen) atoms. The van der Waals surface area contributed by atoms with Crippen LogP contribution in [0.3, 0.4) is 0 Å². The van der Waals surface area contributed by atoms with Crippen LogP contribution in [0, 0.1) is 11.6 Å². The molecule has 5 nitrogen and oxygen atoms in total. The molecule has 1 fully saturated rings. The van der Waals surface area contributed by atoms with E-state index in [0.29, 0.717) is 17.8 Å². The molecule has 1 aliphatic rings. The van der Waals surface area contributed by atoms with Crippen molar-refractivity contribution in [2.24, 2.45) is 7.05 Å². The van der Waals surface area contributed by atoms with Gasteiger partial charge in [0.25, 0.3) is 5.91 Å². The number of hydrogen-bond donors (Lipinski definition) is 0. The molecule has 1 aromatic carbocycles. The number of alkyl halides is 3. The van der Waals surface area contributed by atoms with E-state index >= 15 is 0 Å². The molecule has 0 unspecified atom stereocenters. The van der Waals surface area contributed by atoms with Crippen LogP contribution in [0.5, 0.6) is 0 Å². The average Bonchev–Trinajstić information content (AvgIpc) is 2.93. The summed E-state index contributed by atoms with van der Waals surface area (Å²) in [5.74, 6) is -2.44. The first-order chi connectivity index (χ1) is 13.1. The molecule has 11 heteroatoms. The Morgan fingerprint density at radius 3 is 2.39 bits per heavy atom. The van der Waals surface area contributed by atoms with E-state index in [1.54, 1.807) is 0 Å². The second-order valence-corrected chi connectivity index (χ2v) is 7.21. The van der Waals surface area contributed by atoms with Gasteiger partial charge in [-0.1, -0.05) is 12.1 Å². The van der Waals surface area contributed by atoms with Gasteiger partial charge < -0.3 is 4.90 Å². The normalized spacial score (nSPS) is 15.9. The van der Waals surface area contributed by atoms with Crippen LogP contribution in [0.2, 0.25) is 0 Å². The molecular formula is C17H16BrF5N4O. The largest absolute Gasteiger partial charge is 0.434 e. The average molecular weight is 467 g/mol. The highest BCUT2D eigenvalue weighted by atomic mass is 79.9. The van der Waals surface area contributed by atoms with Crippen LogP contribution < -0.4 is 0 Å². The minimum absolute atomic E-state index is 0.178. The van der Waals surface area contributed by atoms with Gasteiger partial charge in [0.1, 0.15) is 0 Å². The third kappa shape index (κ3) is 4.04. The number of amides is 1. The molecule has 3 rings (SSSR count). The van der Waals surface area contributed by atoms with Crippen LogP contribution in [0.25, 0.3) is 0 Å². The Labute approximate surface area is 165 Å². The maximum absolute atomic E-state index is 13.8. The standard InChI is InChI=1S/C17H16BrF5N4O/c1-25-15(17(21,22)23)12(18)14(24-25)16(28)27-7-5-26(6-8-27)9-10-3-2-4-11(19)13(10)20/h2-4H,5-9H2,1H3. The summed E-state index contributed by atoms with van der Waals surface area (Å²) >= 11 is 2.84. The zero-order chi connectivity index (χ0) is 20.6. The first-order valence-electron chi connectivity index (χ1n) is 8.33. The van der Waals surface area contributed by atoms with Gasteiger partial charge in [-0.2, -0.15) is 18.3 Å². The Bertz CT molecular complexity index is 890. The van der Waals surface area contributed by atoms with Crippen molar-refractivity contribution in [1.29, 1.82) is 0 Å². The fourth-order valence-corrected chi connectivity index (χ4v) is 3.84. The van der Waals surface area contributed by atoms with Crippen molar-refractivity contribution in [1.82, 2.24) is 19.6 Å². The Hall–Kier alpha value is -2.01. The number of benzene rings is 1. The molecule has 152 valence electrons. The van der Waals surface area contributed by atoms with E-state index in [4.69, 9.17) is 0 Å². The quantitative estimate of drug-likeness (QED) is 0.650. The lowest BCUT2D eigenvalue weighted by Gasteiger charge is -2.34. The van der Waals surface area contributed by atoms with Crippen molar-refractivity contribution >= 4 is 21.8 Å². The number of piperazine rings is 1. The fraction of sp³-hybridized carbons (Fsp3) is 0.412. The van der Waals surface area contributed by atoms with Crippen molar-refractivity contribution in [3.8, 4) is 0 Å². The van der Waals surface area contributed by atoms with Crippen LogP contribution in [0.1, 0.15) is 21.7 Å². The second kappa shape index (κ2) is 7.78. The number of rotatable bonds is 3. The monoisotopic (exact) mass is 466 g/mol. The highest BCUT2D eigenvalue weighted by Crippen LogP contribution is 2.36. The number of aromatic nitrogens is 2. The van der Waals surface area contributed by atoms with E-state index in [1.807, 2.05) is 4.90 Å². The molecular weight excluding hydrogens is 451 g/mol. The molecule has 0 spiro atoms. The summed E-state index contributed by atoms with van der Waals surface area (Å²) in [4.78, 5) is 15.8. The Morgan fingerprint density at radius 1 is 1.18 bits per heavy atom. The molecule has 0 radical (unpaired) electrons. The predicted molar refractivity (Wildman–Crippen MR) is 93.4 cm³/mol. The zero-order valence-electron chi connectivity index (χ0n) is 14.7. The van der Waals surface area contributed by atoms with Crippen molar-refractivity contribution in [2.45, 2.75) is 12.7 Å². The lowest BCUT2D eigenvalue weighted by molar-refractivity contribution is -0.144. The summed E-state index contributed by atoms with van der Waals surface area (Å²) in [6.45, 7) is 1.40. The van der Waals surface area contributed by atoms with Gasteiger partial charge in [0, 0.05) is 45.3 Å². The van der Waals surface area contributed by atoms with E-state index in [0.717, 1.165) is 13.1 Å². The Kier molecular flexibility index (Phi) is 5.76. The molecule has 0 saturated carbocycles. The fourth-order valence-electron chi connectivity index (χ4n) is 3.11. The topological polar surface area (TPSA) is 41.4 Å². The summed E-state index contributed by atoms with van der Waals surface area (Å²) in [6, 6.07) is 3.94. The molecule has 2 aromatic rings. The maximum Gasteiger partial charge on any atom is 0.434 e. The molecule has 0 aliphatic carbocycles. The predicted octanol–water partition coefficient (Wildman–Crippen LogP) is 3.44. The Balaban J connectivity index is 1.67. The first kappa shape index (κ1) is 20.7. The van der Waals surface area contributed by atoms with E-state index in [1.165, 1.54) is 17.0 Å². The number of hydrogen-bond acceptors (Lipinski definition) is 3. The molecule has 0 N–H and O–H groups in total. The van der Waals surface area contributed by atoms with Crippen molar-refractivity contribution in [3.05, 3.63) is 51.3 Å². The summed E-state index contributed by atoms with van der Waals surface area (Å²) < 4.78 is 66.5. The minimum atomic E-state index is -4.65. The second-order valence-electron chi connectivity index (χ2n) is 6.41. The van der Waals surface area contributed by atoms with Gasteiger partial charge >= 0.3 is 6.18 Å². The number of carbonyl (C=O) groups excluding carboxylic acids is 1. The molecule has 0 bridgehead atoms. The summed E-state index contributed by atoms with van der Waals surface area (Å²) in [5, 5.41) is 3.71. The lowest BCUT2D eigenvalue weighted by atomic mass is 10.1.